The minimum Gasteiger partial charge on any atom is -0.303 e. The number of nitrogens with one attached hydrogen (secondary N) is 1. The van der Waals surface area contributed by atoms with E-state index in [1.54, 1.807) is 11.3 Å². The Balaban J connectivity index is 1.78. The second kappa shape index (κ2) is 5.45. The Morgan fingerprint density at radius 1 is 1.05 bits per heavy atom. The predicted octanol–water partition coefficient (Wildman–Crippen LogP) is 5.37. The van der Waals surface area contributed by atoms with Crippen molar-refractivity contribution in [2.45, 2.75) is 25.9 Å². The Labute approximate surface area is 121 Å². The second-order valence-corrected chi connectivity index (χ2v) is 6.75. The first-order valence-corrected chi connectivity index (χ1v) is 8.26. The minimum atomic E-state index is 0.382. The highest BCUT2D eigenvalue weighted by atomic mass is 32.1. The minimum absolute atomic E-state index is 0.382. The van der Waals surface area contributed by atoms with Gasteiger partial charge in [-0.15, -0.1) is 11.3 Å². The first-order chi connectivity index (χ1) is 9.24. The van der Waals surface area contributed by atoms with E-state index in [0.29, 0.717) is 12.1 Å². The molecule has 2 heterocycles. The normalized spacial score (nSPS) is 14.6. The van der Waals surface area contributed by atoms with Crippen LogP contribution in [0.5, 0.6) is 0 Å². The number of fused-ring (bicyclic) bond motifs is 1. The lowest BCUT2D eigenvalue weighted by molar-refractivity contribution is 0.501. The fourth-order valence-electron chi connectivity index (χ4n) is 2.29. The van der Waals surface area contributed by atoms with Crippen LogP contribution in [0.1, 0.15) is 36.4 Å². The smallest absolute Gasteiger partial charge is 0.0391 e. The Kier molecular flexibility index (Phi) is 3.69. The summed E-state index contributed by atoms with van der Waals surface area (Å²) in [5, 5.41) is 9.38. The van der Waals surface area contributed by atoms with Crippen molar-refractivity contribution in [3.05, 3.63) is 57.6 Å². The van der Waals surface area contributed by atoms with Crippen LogP contribution in [0.3, 0.4) is 0 Å². The van der Waals surface area contributed by atoms with Crippen LogP contribution in [0.15, 0.2) is 47.2 Å². The fraction of sp³-hybridized carbons (Fsp3) is 0.250. The summed E-state index contributed by atoms with van der Waals surface area (Å²) in [6.07, 6.45) is 0. The molecule has 0 aliphatic rings. The van der Waals surface area contributed by atoms with Crippen molar-refractivity contribution in [3.8, 4) is 0 Å². The molecule has 19 heavy (non-hydrogen) atoms. The number of thiophene rings is 2. The summed E-state index contributed by atoms with van der Waals surface area (Å²) in [5.41, 5.74) is 1.37. The molecule has 1 aromatic carbocycles. The van der Waals surface area contributed by atoms with E-state index in [1.807, 2.05) is 11.3 Å². The summed E-state index contributed by atoms with van der Waals surface area (Å²) in [5.74, 6) is 0. The van der Waals surface area contributed by atoms with Gasteiger partial charge >= 0.3 is 0 Å². The standard InChI is InChI=1S/C16H17NS2/c1-11(14-7-8-18-10-14)17-12(2)16-9-13-5-3-4-6-15(13)19-16/h3-12,17H,1-2H3. The topological polar surface area (TPSA) is 12.0 Å². The zero-order valence-corrected chi connectivity index (χ0v) is 12.7. The van der Waals surface area contributed by atoms with Gasteiger partial charge in [0.15, 0.2) is 0 Å². The maximum atomic E-state index is 3.68. The lowest BCUT2D eigenvalue weighted by Crippen LogP contribution is -2.21. The quantitative estimate of drug-likeness (QED) is 0.680. The molecule has 3 heteroatoms. The number of benzene rings is 1. The summed E-state index contributed by atoms with van der Waals surface area (Å²) in [6, 6.07) is 13.9. The molecule has 0 amide bonds. The van der Waals surface area contributed by atoms with E-state index in [4.69, 9.17) is 0 Å². The maximum absolute atomic E-state index is 3.68. The Morgan fingerprint density at radius 3 is 2.63 bits per heavy atom. The molecule has 0 bridgehead atoms. The average Bonchev–Trinajstić information content (AvgIpc) is 3.07. The summed E-state index contributed by atoms with van der Waals surface area (Å²) < 4.78 is 1.37. The van der Waals surface area contributed by atoms with Gasteiger partial charge in [-0.05, 0) is 53.8 Å². The van der Waals surface area contributed by atoms with Crippen LogP contribution >= 0.6 is 22.7 Å². The molecule has 1 nitrogen and oxygen atoms in total. The first kappa shape index (κ1) is 12.9. The third-order valence-corrected chi connectivity index (χ3v) is 5.41. The van der Waals surface area contributed by atoms with Gasteiger partial charge in [-0.3, -0.25) is 0 Å². The molecule has 3 rings (SSSR count). The molecule has 0 saturated carbocycles. The number of hydrogen-bond acceptors (Lipinski definition) is 3. The van der Waals surface area contributed by atoms with Crippen LogP contribution in [0, 0.1) is 0 Å². The van der Waals surface area contributed by atoms with Gasteiger partial charge < -0.3 is 5.32 Å². The number of hydrogen-bond donors (Lipinski definition) is 1. The molecule has 0 spiro atoms. The summed E-state index contributed by atoms with van der Waals surface area (Å²) >= 11 is 3.64. The van der Waals surface area contributed by atoms with E-state index in [1.165, 1.54) is 20.5 Å². The van der Waals surface area contributed by atoms with Gasteiger partial charge in [-0.1, -0.05) is 18.2 Å². The molecule has 0 aliphatic carbocycles. The van der Waals surface area contributed by atoms with Gasteiger partial charge in [0.2, 0.25) is 0 Å². The largest absolute Gasteiger partial charge is 0.303 e. The van der Waals surface area contributed by atoms with Gasteiger partial charge in [0.25, 0.3) is 0 Å². The van der Waals surface area contributed by atoms with Gasteiger partial charge in [0.1, 0.15) is 0 Å². The third-order valence-electron chi connectivity index (χ3n) is 3.41. The van der Waals surface area contributed by atoms with Crippen molar-refractivity contribution in [1.29, 1.82) is 0 Å². The number of rotatable bonds is 4. The molecule has 0 saturated heterocycles. The molecule has 1 N–H and O–H groups in total. The molecule has 98 valence electrons. The predicted molar refractivity (Wildman–Crippen MR) is 86.1 cm³/mol. The van der Waals surface area contributed by atoms with Crippen molar-refractivity contribution in [1.82, 2.24) is 5.32 Å². The van der Waals surface area contributed by atoms with Crippen LogP contribution < -0.4 is 5.32 Å². The maximum Gasteiger partial charge on any atom is 0.0391 e. The van der Waals surface area contributed by atoms with Crippen molar-refractivity contribution in [2.24, 2.45) is 0 Å². The molecular formula is C16H17NS2. The zero-order valence-electron chi connectivity index (χ0n) is 11.1. The van der Waals surface area contributed by atoms with Crippen LogP contribution in [0.2, 0.25) is 0 Å². The highest BCUT2D eigenvalue weighted by molar-refractivity contribution is 7.19. The van der Waals surface area contributed by atoms with Crippen molar-refractivity contribution in [2.75, 3.05) is 0 Å². The molecule has 0 aliphatic heterocycles. The van der Waals surface area contributed by atoms with Gasteiger partial charge in [-0.25, -0.2) is 0 Å². The van der Waals surface area contributed by atoms with Gasteiger partial charge in [0, 0.05) is 21.7 Å². The highest BCUT2D eigenvalue weighted by Gasteiger charge is 2.13. The molecule has 2 atom stereocenters. The van der Waals surface area contributed by atoms with E-state index in [0.717, 1.165) is 0 Å². The summed E-state index contributed by atoms with van der Waals surface area (Å²) in [7, 11) is 0. The van der Waals surface area contributed by atoms with Crippen LogP contribution in [-0.4, -0.2) is 0 Å². The van der Waals surface area contributed by atoms with Crippen molar-refractivity contribution >= 4 is 32.8 Å². The Hall–Kier alpha value is -1.16. The molecule has 2 aromatic heterocycles. The molecule has 2 unspecified atom stereocenters. The lowest BCUT2D eigenvalue weighted by Gasteiger charge is -2.18. The molecule has 3 aromatic rings. The Morgan fingerprint density at radius 2 is 1.89 bits per heavy atom. The van der Waals surface area contributed by atoms with Gasteiger partial charge in [0.05, 0.1) is 0 Å². The van der Waals surface area contributed by atoms with Crippen LogP contribution in [0.25, 0.3) is 10.1 Å². The molecule has 0 radical (unpaired) electrons. The Bertz CT molecular complexity index is 621. The van der Waals surface area contributed by atoms with Crippen molar-refractivity contribution < 1.29 is 0 Å². The van der Waals surface area contributed by atoms with E-state index in [-0.39, 0.29) is 0 Å². The highest BCUT2D eigenvalue weighted by Crippen LogP contribution is 2.31. The molecular weight excluding hydrogens is 270 g/mol. The monoisotopic (exact) mass is 287 g/mol. The van der Waals surface area contributed by atoms with E-state index in [9.17, 15) is 0 Å². The SMILES string of the molecule is CC(NC(C)c1cc2ccccc2s1)c1ccsc1. The summed E-state index contributed by atoms with van der Waals surface area (Å²) in [4.78, 5) is 1.41. The van der Waals surface area contributed by atoms with E-state index in [2.05, 4.69) is 66.3 Å². The van der Waals surface area contributed by atoms with Gasteiger partial charge in [-0.2, -0.15) is 11.3 Å². The van der Waals surface area contributed by atoms with Crippen LogP contribution in [-0.2, 0) is 0 Å². The fourth-order valence-corrected chi connectivity index (χ4v) is 4.12. The average molecular weight is 287 g/mol. The summed E-state index contributed by atoms with van der Waals surface area (Å²) in [6.45, 7) is 4.47. The zero-order chi connectivity index (χ0) is 13.2. The van der Waals surface area contributed by atoms with Crippen molar-refractivity contribution in [3.63, 3.8) is 0 Å². The second-order valence-electron chi connectivity index (χ2n) is 4.85. The third kappa shape index (κ3) is 2.73. The van der Waals surface area contributed by atoms with E-state index < -0.39 is 0 Å². The van der Waals surface area contributed by atoms with E-state index >= 15 is 0 Å². The lowest BCUT2D eigenvalue weighted by atomic mass is 10.1. The first-order valence-electron chi connectivity index (χ1n) is 6.50. The van der Waals surface area contributed by atoms with Crippen LogP contribution in [0.4, 0.5) is 0 Å². The molecule has 0 fully saturated rings.